The molecule has 2 rings (SSSR count). The predicted molar refractivity (Wildman–Crippen MR) is 108 cm³/mol. The molecule has 9 heteroatoms. The standard InChI is InChI=1S/C21H21F3N2O3S/c1-13(19(27)20(3,12-25)14(2)30-4)28-16-6-8-17(9-7-16)29-18-10-5-15(11-26-18)21(22,23)24/h5-11,13-14H,1-4H3. The number of carbonyl (C=O) groups is 1. The highest BCUT2D eigenvalue weighted by atomic mass is 32.2. The van der Waals surface area contributed by atoms with E-state index >= 15 is 0 Å². The molecule has 0 aliphatic heterocycles. The third kappa shape index (κ3) is 5.45. The van der Waals surface area contributed by atoms with Gasteiger partial charge in [-0.3, -0.25) is 4.79 Å². The molecule has 0 spiro atoms. The summed E-state index contributed by atoms with van der Waals surface area (Å²) in [6, 6.07) is 10.3. The van der Waals surface area contributed by atoms with Crippen molar-refractivity contribution in [1.82, 2.24) is 4.98 Å². The van der Waals surface area contributed by atoms with E-state index in [4.69, 9.17) is 9.47 Å². The van der Waals surface area contributed by atoms with Gasteiger partial charge >= 0.3 is 6.18 Å². The zero-order valence-electron chi connectivity index (χ0n) is 16.9. The van der Waals surface area contributed by atoms with E-state index in [2.05, 4.69) is 11.1 Å². The first-order valence-corrected chi connectivity index (χ1v) is 10.3. The molecular weight excluding hydrogens is 417 g/mol. The molecule has 0 bridgehead atoms. The zero-order chi connectivity index (χ0) is 22.5. The Hall–Kier alpha value is -2.73. The highest BCUT2D eigenvalue weighted by Gasteiger charge is 2.42. The summed E-state index contributed by atoms with van der Waals surface area (Å²) in [5.74, 6) is 0.421. The highest BCUT2D eigenvalue weighted by molar-refractivity contribution is 7.99. The van der Waals surface area contributed by atoms with Crippen LogP contribution in [0.5, 0.6) is 17.4 Å². The number of Topliss-reactive ketones (excluding diaryl/α,β-unsaturated/α-hetero) is 1. The zero-order valence-corrected chi connectivity index (χ0v) is 17.7. The van der Waals surface area contributed by atoms with E-state index in [1.165, 1.54) is 11.8 Å². The molecule has 2 aromatic rings. The topological polar surface area (TPSA) is 72.2 Å². The Morgan fingerprint density at radius 1 is 1.13 bits per heavy atom. The fourth-order valence-corrected chi connectivity index (χ4v) is 3.22. The van der Waals surface area contributed by atoms with Gasteiger partial charge in [0.2, 0.25) is 5.88 Å². The number of ketones is 1. The monoisotopic (exact) mass is 438 g/mol. The third-order valence-corrected chi connectivity index (χ3v) is 5.88. The molecule has 0 N–H and O–H groups in total. The molecule has 3 unspecified atom stereocenters. The number of aromatic nitrogens is 1. The maximum atomic E-state index is 12.7. The molecular formula is C21H21F3N2O3S. The van der Waals surface area contributed by atoms with E-state index in [1.54, 1.807) is 38.1 Å². The number of alkyl halides is 3. The molecule has 0 aliphatic rings. The summed E-state index contributed by atoms with van der Waals surface area (Å²) in [5.41, 5.74) is -2.05. The van der Waals surface area contributed by atoms with Crippen LogP contribution in [-0.2, 0) is 11.0 Å². The molecule has 0 aliphatic carbocycles. The molecule has 1 aromatic carbocycles. The number of thioether (sulfide) groups is 1. The summed E-state index contributed by atoms with van der Waals surface area (Å²) >= 11 is 1.43. The van der Waals surface area contributed by atoms with Gasteiger partial charge in [-0.05, 0) is 50.4 Å². The van der Waals surface area contributed by atoms with Gasteiger partial charge in [-0.25, -0.2) is 4.98 Å². The summed E-state index contributed by atoms with van der Waals surface area (Å²) in [7, 11) is 0. The molecule has 1 heterocycles. The number of nitriles is 1. The third-order valence-electron chi connectivity index (χ3n) is 4.70. The second-order valence-electron chi connectivity index (χ2n) is 6.77. The molecule has 5 nitrogen and oxygen atoms in total. The smallest absolute Gasteiger partial charge is 0.417 e. The number of ether oxygens (including phenoxy) is 2. The van der Waals surface area contributed by atoms with Gasteiger partial charge in [0.1, 0.15) is 16.9 Å². The van der Waals surface area contributed by atoms with Gasteiger partial charge in [0.15, 0.2) is 11.9 Å². The number of hydrogen-bond donors (Lipinski definition) is 0. The molecule has 0 amide bonds. The van der Waals surface area contributed by atoms with Gasteiger partial charge in [-0.1, -0.05) is 6.92 Å². The van der Waals surface area contributed by atoms with Crippen molar-refractivity contribution in [3.8, 4) is 23.4 Å². The maximum absolute atomic E-state index is 12.7. The number of rotatable bonds is 8. The Morgan fingerprint density at radius 2 is 1.73 bits per heavy atom. The normalized spacial score (nSPS) is 15.4. The van der Waals surface area contributed by atoms with Crippen LogP contribution in [0.25, 0.3) is 0 Å². The lowest BCUT2D eigenvalue weighted by Crippen LogP contribution is -2.43. The minimum atomic E-state index is -4.46. The van der Waals surface area contributed by atoms with Gasteiger partial charge in [0.25, 0.3) is 0 Å². The van der Waals surface area contributed by atoms with Crippen LogP contribution in [0.2, 0.25) is 0 Å². The second-order valence-corrected chi connectivity index (χ2v) is 7.95. The van der Waals surface area contributed by atoms with Crippen molar-refractivity contribution < 1.29 is 27.4 Å². The molecule has 0 fully saturated rings. The van der Waals surface area contributed by atoms with Crippen molar-refractivity contribution in [3.05, 3.63) is 48.2 Å². The lowest BCUT2D eigenvalue weighted by Gasteiger charge is -2.28. The van der Waals surface area contributed by atoms with Gasteiger partial charge in [-0.2, -0.15) is 30.2 Å². The Morgan fingerprint density at radius 3 is 2.20 bits per heavy atom. The predicted octanol–water partition coefficient (Wildman–Crippen LogP) is 5.51. The maximum Gasteiger partial charge on any atom is 0.417 e. The molecule has 1 aromatic heterocycles. The summed E-state index contributed by atoms with van der Waals surface area (Å²) in [6.45, 7) is 5.01. The van der Waals surface area contributed by atoms with Gasteiger partial charge in [-0.15, -0.1) is 0 Å². The van der Waals surface area contributed by atoms with Crippen molar-refractivity contribution in [2.45, 2.75) is 38.3 Å². The van der Waals surface area contributed by atoms with Crippen LogP contribution >= 0.6 is 11.8 Å². The Bertz CT molecular complexity index is 911. The van der Waals surface area contributed by atoms with Crippen molar-refractivity contribution >= 4 is 17.5 Å². The molecule has 30 heavy (non-hydrogen) atoms. The number of halogens is 3. The number of carbonyl (C=O) groups excluding carboxylic acids is 1. The largest absolute Gasteiger partial charge is 0.483 e. The minimum Gasteiger partial charge on any atom is -0.483 e. The Labute approximate surface area is 177 Å². The van der Waals surface area contributed by atoms with Gasteiger partial charge < -0.3 is 9.47 Å². The lowest BCUT2D eigenvalue weighted by atomic mass is 9.82. The average Bonchev–Trinajstić information content (AvgIpc) is 2.73. The van der Waals surface area contributed by atoms with Crippen LogP contribution in [0.3, 0.4) is 0 Å². The molecule has 3 atom stereocenters. The van der Waals surface area contributed by atoms with Gasteiger partial charge in [0.05, 0.1) is 11.6 Å². The fourth-order valence-electron chi connectivity index (χ4n) is 2.58. The Kier molecular flexibility index (Phi) is 7.37. The minimum absolute atomic E-state index is 0.0102. The van der Waals surface area contributed by atoms with E-state index in [1.807, 2.05) is 13.2 Å². The molecule has 0 saturated heterocycles. The lowest BCUT2D eigenvalue weighted by molar-refractivity contribution is -0.137. The summed E-state index contributed by atoms with van der Waals surface area (Å²) in [5, 5.41) is 9.28. The van der Waals surface area contributed by atoms with E-state index in [0.29, 0.717) is 17.7 Å². The van der Waals surface area contributed by atoms with Crippen molar-refractivity contribution in [1.29, 1.82) is 5.26 Å². The van der Waals surface area contributed by atoms with Crippen LogP contribution in [0, 0.1) is 16.7 Å². The first-order chi connectivity index (χ1) is 14.0. The Balaban J connectivity index is 2.04. The van der Waals surface area contributed by atoms with Crippen LogP contribution < -0.4 is 9.47 Å². The van der Waals surface area contributed by atoms with Crippen molar-refractivity contribution in [2.75, 3.05) is 6.26 Å². The number of nitrogens with zero attached hydrogens (tertiary/aromatic N) is 2. The number of benzene rings is 1. The number of pyridine rings is 1. The van der Waals surface area contributed by atoms with Gasteiger partial charge in [0, 0.05) is 17.5 Å². The molecule has 0 radical (unpaired) electrons. The quantitative estimate of drug-likeness (QED) is 0.541. The summed E-state index contributed by atoms with van der Waals surface area (Å²) < 4.78 is 48.8. The van der Waals surface area contributed by atoms with E-state index in [-0.39, 0.29) is 16.9 Å². The van der Waals surface area contributed by atoms with Crippen LogP contribution in [0.15, 0.2) is 42.6 Å². The molecule has 0 saturated carbocycles. The van der Waals surface area contributed by atoms with E-state index in [0.717, 1.165) is 12.1 Å². The summed E-state index contributed by atoms with van der Waals surface area (Å²) in [4.78, 5) is 16.4. The fraction of sp³-hybridized carbons (Fsp3) is 0.381. The molecule has 160 valence electrons. The van der Waals surface area contributed by atoms with Crippen molar-refractivity contribution in [3.63, 3.8) is 0 Å². The van der Waals surface area contributed by atoms with E-state index in [9.17, 15) is 23.2 Å². The van der Waals surface area contributed by atoms with Crippen LogP contribution in [-0.4, -0.2) is 28.4 Å². The SMILES string of the molecule is CSC(C)C(C)(C#N)C(=O)C(C)Oc1ccc(Oc2ccc(C(F)(F)F)cn2)cc1. The first kappa shape index (κ1) is 23.5. The summed E-state index contributed by atoms with van der Waals surface area (Å²) in [6.07, 6.45) is -2.77. The van der Waals surface area contributed by atoms with E-state index < -0.39 is 23.3 Å². The first-order valence-electron chi connectivity index (χ1n) is 8.97. The van der Waals surface area contributed by atoms with Crippen LogP contribution in [0.4, 0.5) is 13.2 Å². The van der Waals surface area contributed by atoms with Crippen LogP contribution in [0.1, 0.15) is 26.3 Å². The average molecular weight is 438 g/mol. The number of hydrogen-bond acceptors (Lipinski definition) is 6. The highest BCUT2D eigenvalue weighted by Crippen LogP contribution is 2.33. The second kappa shape index (κ2) is 9.39. The van der Waals surface area contributed by atoms with Crippen molar-refractivity contribution in [2.24, 2.45) is 5.41 Å².